The highest BCUT2D eigenvalue weighted by atomic mass is 16.6. The molecule has 26 heavy (non-hydrogen) atoms. The Morgan fingerprint density at radius 1 is 0.654 bits per heavy atom. The van der Waals surface area contributed by atoms with Crippen LogP contribution in [-0.4, -0.2) is 99.9 Å². The number of nitrogens with zero attached hydrogens (tertiary/aromatic N) is 2. The van der Waals surface area contributed by atoms with Gasteiger partial charge in [-0.1, -0.05) is 5.92 Å². The van der Waals surface area contributed by atoms with Crippen LogP contribution in [0.2, 0.25) is 0 Å². The zero-order valence-electron chi connectivity index (χ0n) is 15.5. The van der Waals surface area contributed by atoms with Gasteiger partial charge in [0, 0.05) is 51.6 Å². The molecule has 0 N–H and O–H groups in total. The minimum Gasteiger partial charge on any atom is -0.372 e. The van der Waals surface area contributed by atoms with Crippen molar-refractivity contribution < 1.29 is 18.9 Å². The summed E-state index contributed by atoms with van der Waals surface area (Å²) in [7, 11) is 0. The van der Waals surface area contributed by atoms with Gasteiger partial charge in [-0.2, -0.15) is 0 Å². The summed E-state index contributed by atoms with van der Waals surface area (Å²) in [6, 6.07) is 0. The van der Waals surface area contributed by atoms with E-state index in [2.05, 4.69) is 21.6 Å². The van der Waals surface area contributed by atoms with Gasteiger partial charge in [-0.05, 0) is 12.3 Å². The van der Waals surface area contributed by atoms with E-state index in [0.717, 1.165) is 72.1 Å². The van der Waals surface area contributed by atoms with Crippen LogP contribution in [0.4, 0.5) is 0 Å². The summed E-state index contributed by atoms with van der Waals surface area (Å²) in [6.45, 7) is 10.1. The molecular formula is C20H30N2O4. The van der Waals surface area contributed by atoms with Crippen LogP contribution in [0.3, 0.4) is 0 Å². The standard InChI is InChI=1S/C20H30N2O4/c1-2-15(5-21(7-17-11-23-17)8-18-12-24-18)4-16(3-1)6-22(9-19-13-25-19)10-20-14-26-20/h15-20H,2,4-14H2. The molecule has 6 heteroatoms. The van der Waals surface area contributed by atoms with Gasteiger partial charge in [0.1, 0.15) is 0 Å². The second-order valence-electron chi connectivity index (χ2n) is 8.58. The Bertz CT molecular complexity index is 518. The number of hydrogen-bond donors (Lipinski definition) is 0. The van der Waals surface area contributed by atoms with Gasteiger partial charge >= 0.3 is 0 Å². The lowest BCUT2D eigenvalue weighted by atomic mass is 9.87. The molecule has 5 aliphatic rings. The first-order valence-electron chi connectivity index (χ1n) is 10.2. The summed E-state index contributed by atoms with van der Waals surface area (Å²) in [5, 5.41) is 0. The molecule has 6 unspecified atom stereocenters. The first-order chi connectivity index (χ1) is 12.8. The molecule has 5 rings (SSSR count). The van der Waals surface area contributed by atoms with Crippen LogP contribution >= 0.6 is 0 Å². The van der Waals surface area contributed by atoms with Gasteiger partial charge in [-0.15, -0.1) is 5.92 Å². The molecule has 6 nitrogen and oxygen atoms in total. The molecule has 4 aliphatic heterocycles. The van der Waals surface area contributed by atoms with E-state index in [-0.39, 0.29) is 0 Å². The van der Waals surface area contributed by atoms with Crippen molar-refractivity contribution in [2.75, 3.05) is 65.7 Å². The van der Waals surface area contributed by atoms with Crippen LogP contribution in [0.15, 0.2) is 0 Å². The smallest absolute Gasteiger partial charge is 0.0936 e. The maximum absolute atomic E-state index is 5.45. The first-order valence-corrected chi connectivity index (χ1v) is 10.2. The van der Waals surface area contributed by atoms with E-state index in [4.69, 9.17) is 18.9 Å². The highest BCUT2D eigenvalue weighted by molar-refractivity contribution is 5.10. The van der Waals surface area contributed by atoms with E-state index in [9.17, 15) is 0 Å². The first kappa shape index (κ1) is 17.4. The van der Waals surface area contributed by atoms with Crippen molar-refractivity contribution >= 4 is 0 Å². The summed E-state index contributed by atoms with van der Waals surface area (Å²) >= 11 is 0. The van der Waals surface area contributed by atoms with Crippen molar-refractivity contribution in [3.05, 3.63) is 0 Å². The number of hydrogen-bond acceptors (Lipinski definition) is 6. The molecule has 1 aliphatic carbocycles. The molecule has 4 saturated heterocycles. The van der Waals surface area contributed by atoms with E-state index in [1.54, 1.807) is 0 Å². The highest BCUT2D eigenvalue weighted by Crippen LogP contribution is 2.25. The van der Waals surface area contributed by atoms with Crippen molar-refractivity contribution in [2.24, 2.45) is 11.8 Å². The maximum atomic E-state index is 5.45. The monoisotopic (exact) mass is 362 g/mol. The van der Waals surface area contributed by atoms with Crippen LogP contribution in [0.1, 0.15) is 12.8 Å². The van der Waals surface area contributed by atoms with Gasteiger partial charge in [0.15, 0.2) is 0 Å². The molecule has 144 valence electrons. The second-order valence-corrected chi connectivity index (χ2v) is 8.58. The summed E-state index contributed by atoms with van der Waals surface area (Å²) in [4.78, 5) is 5.07. The SMILES string of the molecule is C1#CC(CN(CC2CO2)CC2CO2)CC(CN(CC2CO2)CC2CO2)C1. The van der Waals surface area contributed by atoms with Gasteiger partial charge in [-0.3, -0.25) is 9.80 Å². The lowest BCUT2D eigenvalue weighted by molar-refractivity contribution is 0.165. The second kappa shape index (κ2) is 7.75. The fourth-order valence-corrected chi connectivity index (χ4v) is 4.12. The van der Waals surface area contributed by atoms with Gasteiger partial charge < -0.3 is 18.9 Å². The quantitative estimate of drug-likeness (QED) is 0.366. The Morgan fingerprint density at radius 3 is 1.58 bits per heavy atom. The average molecular weight is 362 g/mol. The minimum atomic E-state index is 0.439. The highest BCUT2D eigenvalue weighted by Gasteiger charge is 2.34. The predicted molar refractivity (Wildman–Crippen MR) is 95.8 cm³/mol. The van der Waals surface area contributed by atoms with Gasteiger partial charge in [0.25, 0.3) is 0 Å². The molecule has 0 spiro atoms. The number of ether oxygens (including phenoxy) is 4. The van der Waals surface area contributed by atoms with E-state index in [0.29, 0.717) is 36.3 Å². The molecule has 0 saturated carbocycles. The molecule has 4 fully saturated rings. The fourth-order valence-electron chi connectivity index (χ4n) is 4.12. The van der Waals surface area contributed by atoms with Gasteiger partial charge in [0.2, 0.25) is 0 Å². The van der Waals surface area contributed by atoms with Crippen LogP contribution in [0.25, 0.3) is 0 Å². The van der Waals surface area contributed by atoms with Gasteiger partial charge in [-0.25, -0.2) is 0 Å². The van der Waals surface area contributed by atoms with E-state index in [1.807, 2.05) is 0 Å². The molecule has 4 heterocycles. The molecule has 0 radical (unpaired) electrons. The van der Waals surface area contributed by atoms with Crippen LogP contribution in [-0.2, 0) is 18.9 Å². The number of epoxide rings is 4. The summed E-state index contributed by atoms with van der Waals surface area (Å²) in [5.74, 6) is 8.08. The Hall–Kier alpha value is -0.680. The van der Waals surface area contributed by atoms with Crippen LogP contribution in [0.5, 0.6) is 0 Å². The predicted octanol–water partition coefficient (Wildman–Crippen LogP) is 0.215. The molecule has 0 aromatic rings. The zero-order chi connectivity index (χ0) is 17.3. The minimum absolute atomic E-state index is 0.439. The van der Waals surface area contributed by atoms with Crippen molar-refractivity contribution in [3.8, 4) is 11.8 Å². The Labute approximate surface area is 156 Å². The molecule has 0 amide bonds. The van der Waals surface area contributed by atoms with Crippen molar-refractivity contribution in [3.63, 3.8) is 0 Å². The third-order valence-electron chi connectivity index (χ3n) is 5.77. The molecule has 6 atom stereocenters. The van der Waals surface area contributed by atoms with E-state index < -0.39 is 0 Å². The largest absolute Gasteiger partial charge is 0.372 e. The Kier molecular flexibility index (Phi) is 5.19. The Balaban J connectivity index is 1.12. The summed E-state index contributed by atoms with van der Waals surface area (Å²) in [5.41, 5.74) is 0. The van der Waals surface area contributed by atoms with E-state index >= 15 is 0 Å². The van der Waals surface area contributed by atoms with Crippen molar-refractivity contribution in [1.29, 1.82) is 0 Å². The van der Waals surface area contributed by atoms with E-state index in [1.165, 1.54) is 6.42 Å². The van der Waals surface area contributed by atoms with Gasteiger partial charge in [0.05, 0.1) is 50.8 Å². The van der Waals surface area contributed by atoms with Crippen LogP contribution < -0.4 is 0 Å². The summed E-state index contributed by atoms with van der Waals surface area (Å²) < 4.78 is 21.8. The normalized spacial score (nSPS) is 39.6. The van der Waals surface area contributed by atoms with Crippen molar-refractivity contribution in [2.45, 2.75) is 37.3 Å². The number of rotatable bonds is 12. The summed E-state index contributed by atoms with van der Waals surface area (Å²) in [6.07, 6.45) is 4.01. The molecule has 0 aromatic heterocycles. The lowest BCUT2D eigenvalue weighted by Gasteiger charge is -2.31. The third-order valence-corrected chi connectivity index (χ3v) is 5.77. The third kappa shape index (κ3) is 5.66. The topological polar surface area (TPSA) is 56.6 Å². The lowest BCUT2D eigenvalue weighted by Crippen LogP contribution is -2.39. The molecule has 0 aromatic carbocycles. The maximum Gasteiger partial charge on any atom is 0.0936 e. The molecular weight excluding hydrogens is 332 g/mol. The fraction of sp³-hybridized carbons (Fsp3) is 0.900. The zero-order valence-corrected chi connectivity index (χ0v) is 15.5. The average Bonchev–Trinajstić information content (AvgIpc) is 3.40. The van der Waals surface area contributed by atoms with Crippen LogP contribution in [0, 0.1) is 23.7 Å². The molecule has 0 bridgehead atoms. The van der Waals surface area contributed by atoms with Crippen molar-refractivity contribution in [1.82, 2.24) is 9.80 Å². The Morgan fingerprint density at radius 2 is 1.12 bits per heavy atom.